The molecule has 3 aromatic carbocycles. The van der Waals surface area contributed by atoms with Crippen LogP contribution in [0, 0.1) is 6.92 Å². The average Bonchev–Trinajstić information content (AvgIpc) is 3.41. The molecule has 0 radical (unpaired) electrons. The van der Waals surface area contributed by atoms with E-state index in [0.717, 1.165) is 16.6 Å². The van der Waals surface area contributed by atoms with Gasteiger partial charge in [0.2, 0.25) is 0 Å². The fourth-order valence-electron chi connectivity index (χ4n) is 3.96. The highest BCUT2D eigenvalue weighted by Gasteiger charge is 2.13. The minimum atomic E-state index is 0.461. The van der Waals surface area contributed by atoms with Gasteiger partial charge in [0, 0.05) is 48.3 Å². The Morgan fingerprint density at radius 1 is 0.976 bits per heavy atom. The lowest BCUT2D eigenvalue weighted by Crippen LogP contribution is -2.08. The summed E-state index contributed by atoms with van der Waals surface area (Å²) in [4.78, 5) is 9.09. The summed E-state index contributed by atoms with van der Waals surface area (Å²) in [6.07, 6.45) is 1.68. The zero-order valence-electron chi connectivity index (χ0n) is 22.9. The molecule has 2 heterocycles. The highest BCUT2D eigenvalue weighted by Crippen LogP contribution is 2.38. The van der Waals surface area contributed by atoms with Crippen molar-refractivity contribution in [2.75, 3.05) is 31.9 Å². The van der Waals surface area contributed by atoms with Gasteiger partial charge in [-0.15, -0.1) is 0 Å². The van der Waals surface area contributed by atoms with Gasteiger partial charge in [-0.1, -0.05) is 40.7 Å². The minimum absolute atomic E-state index is 0.461. The number of thioether (sulfide) groups is 1. The van der Waals surface area contributed by atoms with E-state index in [4.69, 9.17) is 30.3 Å². The summed E-state index contributed by atoms with van der Waals surface area (Å²) in [6, 6.07) is 20.9. The third kappa shape index (κ3) is 6.85. The van der Waals surface area contributed by atoms with E-state index in [2.05, 4.69) is 37.9 Å². The van der Waals surface area contributed by atoms with Crippen LogP contribution in [0.15, 0.2) is 82.4 Å². The molecule has 0 amide bonds. The highest BCUT2D eigenvalue weighted by molar-refractivity contribution is 8.13. The van der Waals surface area contributed by atoms with Crippen molar-refractivity contribution in [3.05, 3.63) is 89.3 Å². The van der Waals surface area contributed by atoms with Gasteiger partial charge in [-0.25, -0.2) is 4.99 Å². The number of rotatable bonds is 9. The molecular weight excluding hydrogens is 562 g/mol. The molecule has 0 atom stereocenters. The Labute approximate surface area is 246 Å². The Morgan fingerprint density at radius 2 is 1.76 bits per heavy atom. The second-order valence-electron chi connectivity index (χ2n) is 8.85. The maximum atomic E-state index is 6.71. The van der Waals surface area contributed by atoms with Crippen molar-refractivity contribution in [3.63, 3.8) is 0 Å². The van der Waals surface area contributed by atoms with Crippen molar-refractivity contribution >= 4 is 56.6 Å². The van der Waals surface area contributed by atoms with Crippen molar-refractivity contribution in [3.8, 4) is 23.0 Å². The molecule has 2 N–H and O–H groups in total. The number of ether oxygens (including phenoxy) is 3. The van der Waals surface area contributed by atoms with Gasteiger partial charge in [0.05, 0.1) is 30.4 Å². The summed E-state index contributed by atoms with van der Waals surface area (Å²) in [5.74, 6) is 4.18. The van der Waals surface area contributed by atoms with Crippen molar-refractivity contribution in [2.45, 2.75) is 12.7 Å². The number of aryl methyl sites for hydroxylation is 1. The lowest BCUT2D eigenvalue weighted by molar-refractivity contribution is 0.355. The third-order valence-electron chi connectivity index (χ3n) is 6.07. The summed E-state index contributed by atoms with van der Waals surface area (Å²) in [5.41, 5.74) is 3.58. The molecule has 9 nitrogen and oxygen atoms in total. The molecule has 0 spiro atoms. The molecule has 0 aliphatic carbocycles. The van der Waals surface area contributed by atoms with Gasteiger partial charge in [0.25, 0.3) is 0 Å². The number of methoxy groups -OCH3 is 2. The standard InChI is InChI=1S/C30H28ClN5O4S/c1-18-13-29(36-40-18)35-30(41-17-19-5-7-20(32-2)8-6-19)34-24-10-9-21(14-23(24)31)39-26-11-12-33-25-16-28(38-4)27(37-3)15-22(25)26/h5-16,32H,17H2,1-4H3,(H,34,35,36). The number of nitrogens with zero attached hydrogens (tertiary/aromatic N) is 3. The van der Waals surface area contributed by atoms with Crippen LogP contribution in [0.1, 0.15) is 11.3 Å². The molecule has 2 aromatic heterocycles. The maximum absolute atomic E-state index is 6.71. The molecule has 0 aliphatic rings. The molecule has 41 heavy (non-hydrogen) atoms. The normalized spacial score (nSPS) is 11.4. The Morgan fingerprint density at radius 3 is 2.44 bits per heavy atom. The van der Waals surface area contributed by atoms with Gasteiger partial charge < -0.3 is 29.4 Å². The number of aromatic nitrogens is 2. The SMILES string of the molecule is CNc1ccc(CS/C(=N\c2cc(C)on2)Nc2ccc(Oc3ccnc4cc(OC)c(OC)cc34)cc2Cl)cc1. The largest absolute Gasteiger partial charge is 0.493 e. The van der Waals surface area contributed by atoms with Crippen LogP contribution >= 0.6 is 23.4 Å². The molecule has 0 aliphatic heterocycles. The van der Waals surface area contributed by atoms with Crippen LogP contribution in [0.5, 0.6) is 23.0 Å². The first-order valence-electron chi connectivity index (χ1n) is 12.6. The van der Waals surface area contributed by atoms with E-state index in [0.29, 0.717) is 61.7 Å². The van der Waals surface area contributed by atoms with Crippen LogP contribution in [0.4, 0.5) is 17.2 Å². The Balaban J connectivity index is 1.37. The Bertz CT molecular complexity index is 1690. The Kier molecular flexibility index (Phi) is 8.81. The van der Waals surface area contributed by atoms with Crippen molar-refractivity contribution in [1.82, 2.24) is 10.1 Å². The number of benzene rings is 3. The highest BCUT2D eigenvalue weighted by atomic mass is 35.5. The number of anilines is 2. The fraction of sp³-hybridized carbons (Fsp3) is 0.167. The summed E-state index contributed by atoms with van der Waals surface area (Å²) in [5, 5.41) is 12.3. The molecule has 5 rings (SSSR count). The molecule has 0 bridgehead atoms. The van der Waals surface area contributed by atoms with Crippen molar-refractivity contribution in [1.29, 1.82) is 0 Å². The van der Waals surface area contributed by atoms with Gasteiger partial charge in [-0.3, -0.25) is 4.98 Å². The van der Waals surface area contributed by atoms with Crippen LogP contribution in [0.3, 0.4) is 0 Å². The number of halogens is 1. The van der Waals surface area contributed by atoms with E-state index < -0.39 is 0 Å². The third-order valence-corrected chi connectivity index (χ3v) is 7.32. The zero-order valence-corrected chi connectivity index (χ0v) is 24.5. The molecule has 0 saturated carbocycles. The fourth-order valence-corrected chi connectivity index (χ4v) is 5.02. The number of aliphatic imine (C=N–C) groups is 1. The summed E-state index contributed by atoms with van der Waals surface area (Å²) in [7, 11) is 5.07. The topological polar surface area (TPSA) is 103 Å². The van der Waals surface area contributed by atoms with Gasteiger partial charge >= 0.3 is 0 Å². The predicted octanol–water partition coefficient (Wildman–Crippen LogP) is 8.07. The van der Waals surface area contributed by atoms with E-state index in [1.54, 1.807) is 38.6 Å². The van der Waals surface area contributed by atoms with Crippen molar-refractivity contribution in [2.24, 2.45) is 4.99 Å². The summed E-state index contributed by atoms with van der Waals surface area (Å²) in [6.45, 7) is 1.82. The smallest absolute Gasteiger partial charge is 0.197 e. The molecule has 210 valence electrons. The number of nitrogens with one attached hydrogen (secondary N) is 2. The first kappa shape index (κ1) is 28.1. The molecule has 11 heteroatoms. The summed E-state index contributed by atoms with van der Waals surface area (Å²) < 4.78 is 22.3. The lowest BCUT2D eigenvalue weighted by Gasteiger charge is -2.14. The minimum Gasteiger partial charge on any atom is -0.493 e. The van der Waals surface area contributed by atoms with Crippen LogP contribution in [0.25, 0.3) is 10.9 Å². The molecule has 5 aromatic rings. The number of hydrogen-bond acceptors (Lipinski definition) is 9. The second kappa shape index (κ2) is 12.8. The van der Waals surface area contributed by atoms with E-state index in [1.165, 1.54) is 11.8 Å². The second-order valence-corrected chi connectivity index (χ2v) is 10.2. The monoisotopic (exact) mass is 589 g/mol. The summed E-state index contributed by atoms with van der Waals surface area (Å²) >= 11 is 8.23. The molecular formula is C30H28ClN5O4S. The molecule has 0 saturated heterocycles. The van der Waals surface area contributed by atoms with E-state index in [9.17, 15) is 0 Å². The molecule has 0 fully saturated rings. The number of hydrogen-bond donors (Lipinski definition) is 2. The van der Waals surface area contributed by atoms with E-state index >= 15 is 0 Å². The van der Waals surface area contributed by atoms with Gasteiger partial charge in [-0.05, 0) is 48.9 Å². The first-order valence-corrected chi connectivity index (χ1v) is 14.0. The van der Waals surface area contributed by atoms with Crippen LogP contribution < -0.4 is 24.8 Å². The van der Waals surface area contributed by atoms with Gasteiger partial charge in [-0.2, -0.15) is 0 Å². The van der Waals surface area contributed by atoms with Gasteiger partial charge in [0.1, 0.15) is 17.3 Å². The van der Waals surface area contributed by atoms with Crippen LogP contribution in [-0.4, -0.2) is 36.6 Å². The average molecular weight is 590 g/mol. The van der Waals surface area contributed by atoms with E-state index in [-0.39, 0.29) is 0 Å². The van der Waals surface area contributed by atoms with Crippen LogP contribution in [-0.2, 0) is 5.75 Å². The first-order chi connectivity index (χ1) is 19.9. The maximum Gasteiger partial charge on any atom is 0.197 e. The van der Waals surface area contributed by atoms with Crippen molar-refractivity contribution < 1.29 is 18.7 Å². The number of amidine groups is 1. The zero-order chi connectivity index (χ0) is 28.8. The number of pyridine rings is 1. The lowest BCUT2D eigenvalue weighted by atomic mass is 10.2. The quantitative estimate of drug-likeness (QED) is 0.130. The Hall–Kier alpha value is -4.41. The van der Waals surface area contributed by atoms with E-state index in [1.807, 2.05) is 50.4 Å². The molecule has 0 unspecified atom stereocenters. The van der Waals surface area contributed by atoms with Gasteiger partial charge in [0.15, 0.2) is 22.5 Å². The number of fused-ring (bicyclic) bond motifs is 1. The predicted molar refractivity (Wildman–Crippen MR) is 166 cm³/mol. The van der Waals surface area contributed by atoms with Crippen LogP contribution in [0.2, 0.25) is 5.02 Å².